The molecule has 0 aliphatic heterocycles. The molecular formula is C14H14N2O4S2. The van der Waals surface area contributed by atoms with E-state index in [1.807, 2.05) is 17.5 Å². The summed E-state index contributed by atoms with van der Waals surface area (Å²) in [4.78, 5) is 17.6. The molecule has 0 radical (unpaired) electrons. The molecule has 0 aliphatic carbocycles. The fourth-order valence-electron chi connectivity index (χ4n) is 1.53. The van der Waals surface area contributed by atoms with E-state index in [2.05, 4.69) is 10.5 Å². The highest BCUT2D eigenvalue weighted by Gasteiger charge is 2.07. The maximum atomic E-state index is 11.6. The molecule has 22 heavy (non-hydrogen) atoms. The Kier molecular flexibility index (Phi) is 5.29. The number of rotatable bonds is 6. The van der Waals surface area contributed by atoms with E-state index in [0.29, 0.717) is 5.69 Å². The second kappa shape index (κ2) is 7.19. The largest absolute Gasteiger partial charge is 0.386 e. The first-order valence-corrected chi connectivity index (χ1v) is 9.01. The molecule has 1 heterocycles. The second-order valence-corrected chi connectivity index (χ2v) is 7.36. The van der Waals surface area contributed by atoms with E-state index in [0.717, 1.165) is 11.1 Å². The molecule has 2 aromatic rings. The minimum absolute atomic E-state index is 0.197. The molecule has 0 unspecified atom stereocenters. The van der Waals surface area contributed by atoms with Crippen molar-refractivity contribution >= 4 is 39.0 Å². The number of nitrogens with zero attached hydrogens (tertiary/aromatic N) is 1. The van der Waals surface area contributed by atoms with Crippen LogP contribution in [0.5, 0.6) is 0 Å². The van der Waals surface area contributed by atoms with Crippen LogP contribution in [0.25, 0.3) is 0 Å². The Labute approximate surface area is 132 Å². The Balaban J connectivity index is 1.82. The lowest BCUT2D eigenvalue weighted by atomic mass is 10.3. The predicted molar refractivity (Wildman–Crippen MR) is 86.0 cm³/mol. The molecule has 0 saturated heterocycles. The number of carbonyl (C=O) groups is 1. The molecule has 1 aromatic carbocycles. The number of carbonyl (C=O) groups excluding carboxylic acids is 1. The van der Waals surface area contributed by atoms with E-state index >= 15 is 0 Å². The average Bonchev–Trinajstić information content (AvgIpc) is 2.96. The number of anilines is 1. The molecule has 8 heteroatoms. The van der Waals surface area contributed by atoms with Crippen molar-refractivity contribution < 1.29 is 18.0 Å². The fraction of sp³-hybridized carbons (Fsp3) is 0.143. The third kappa shape index (κ3) is 4.97. The van der Waals surface area contributed by atoms with Gasteiger partial charge in [-0.15, -0.1) is 11.3 Å². The summed E-state index contributed by atoms with van der Waals surface area (Å²) in [7, 11) is -3.24. The summed E-state index contributed by atoms with van der Waals surface area (Å²) in [6, 6.07) is 9.66. The summed E-state index contributed by atoms with van der Waals surface area (Å²) in [6.45, 7) is -0.226. The van der Waals surface area contributed by atoms with Crippen LogP contribution in [0.4, 0.5) is 5.69 Å². The smallest absolute Gasteiger partial charge is 0.265 e. The van der Waals surface area contributed by atoms with Crippen LogP contribution in [-0.2, 0) is 19.5 Å². The maximum absolute atomic E-state index is 11.6. The lowest BCUT2D eigenvalue weighted by Gasteiger charge is -2.05. The summed E-state index contributed by atoms with van der Waals surface area (Å²) in [6.07, 6.45) is 2.65. The van der Waals surface area contributed by atoms with Gasteiger partial charge in [0.1, 0.15) is 0 Å². The number of oxime groups is 1. The van der Waals surface area contributed by atoms with Crippen molar-refractivity contribution in [1.82, 2.24) is 0 Å². The number of thiophene rings is 1. The number of hydrogen-bond acceptors (Lipinski definition) is 6. The van der Waals surface area contributed by atoms with Crippen LogP contribution in [0.3, 0.4) is 0 Å². The standard InChI is InChI=1S/C14H14N2O4S2/c1-22(18,19)13-6-4-11(5-7-13)16-14(17)10-20-15-9-12-3-2-8-21-12/h2-9H,10H2,1H3,(H,16,17)/b15-9+. The molecule has 2 rings (SSSR count). The molecule has 6 nitrogen and oxygen atoms in total. The van der Waals surface area contributed by atoms with Crippen LogP contribution in [-0.4, -0.2) is 33.4 Å². The van der Waals surface area contributed by atoms with E-state index in [1.165, 1.54) is 41.8 Å². The van der Waals surface area contributed by atoms with Gasteiger partial charge in [0.05, 0.1) is 11.1 Å². The summed E-state index contributed by atoms with van der Waals surface area (Å²) in [5, 5.41) is 8.18. The molecule has 1 amide bonds. The van der Waals surface area contributed by atoms with Crippen molar-refractivity contribution in [3.63, 3.8) is 0 Å². The van der Waals surface area contributed by atoms with Crippen molar-refractivity contribution in [3.8, 4) is 0 Å². The van der Waals surface area contributed by atoms with Gasteiger partial charge in [-0.2, -0.15) is 0 Å². The Morgan fingerprint density at radius 2 is 2.05 bits per heavy atom. The lowest BCUT2D eigenvalue weighted by molar-refractivity contribution is -0.120. The van der Waals surface area contributed by atoms with Gasteiger partial charge < -0.3 is 10.2 Å². The van der Waals surface area contributed by atoms with Gasteiger partial charge in [0.25, 0.3) is 5.91 Å². The minimum Gasteiger partial charge on any atom is -0.386 e. The predicted octanol–water partition coefficient (Wildman–Crippen LogP) is 2.14. The molecular weight excluding hydrogens is 324 g/mol. The Bertz CT molecular complexity index is 751. The first kappa shape index (κ1) is 16.2. The van der Waals surface area contributed by atoms with Gasteiger partial charge in [-0.1, -0.05) is 11.2 Å². The van der Waals surface area contributed by atoms with Gasteiger partial charge in [-0.25, -0.2) is 8.42 Å². The molecule has 1 aromatic heterocycles. The van der Waals surface area contributed by atoms with Crippen molar-refractivity contribution in [3.05, 3.63) is 46.7 Å². The normalized spacial score (nSPS) is 11.5. The van der Waals surface area contributed by atoms with E-state index in [9.17, 15) is 13.2 Å². The topological polar surface area (TPSA) is 84.8 Å². The first-order chi connectivity index (χ1) is 10.4. The van der Waals surface area contributed by atoms with E-state index in [-0.39, 0.29) is 17.4 Å². The molecule has 0 aliphatic rings. The van der Waals surface area contributed by atoms with Gasteiger partial charge in [0.2, 0.25) is 0 Å². The van der Waals surface area contributed by atoms with Crippen molar-refractivity contribution in [1.29, 1.82) is 0 Å². The highest BCUT2D eigenvalue weighted by atomic mass is 32.2. The van der Waals surface area contributed by atoms with Crippen LogP contribution in [0.15, 0.2) is 51.8 Å². The van der Waals surface area contributed by atoms with Gasteiger partial charge >= 0.3 is 0 Å². The first-order valence-electron chi connectivity index (χ1n) is 6.24. The van der Waals surface area contributed by atoms with Crippen LogP contribution in [0, 0.1) is 0 Å². The van der Waals surface area contributed by atoms with Crippen LogP contribution in [0.2, 0.25) is 0 Å². The Hall–Kier alpha value is -2.19. The van der Waals surface area contributed by atoms with Gasteiger partial charge in [-0.05, 0) is 35.7 Å². The molecule has 1 N–H and O–H groups in total. The third-order valence-corrected chi connectivity index (χ3v) is 4.49. The monoisotopic (exact) mass is 338 g/mol. The fourth-order valence-corrected chi connectivity index (χ4v) is 2.74. The number of amides is 1. The summed E-state index contributed by atoms with van der Waals surface area (Å²) >= 11 is 1.51. The van der Waals surface area contributed by atoms with Crippen LogP contribution < -0.4 is 5.32 Å². The quantitative estimate of drug-likeness (QED) is 0.646. The minimum atomic E-state index is -3.24. The number of nitrogens with one attached hydrogen (secondary N) is 1. The van der Waals surface area contributed by atoms with E-state index in [1.54, 1.807) is 0 Å². The van der Waals surface area contributed by atoms with Crippen molar-refractivity contribution in [2.24, 2.45) is 5.16 Å². The molecule has 0 atom stereocenters. The van der Waals surface area contributed by atoms with E-state index in [4.69, 9.17) is 4.84 Å². The van der Waals surface area contributed by atoms with Crippen LogP contribution in [0.1, 0.15) is 4.88 Å². The zero-order chi connectivity index (χ0) is 16.0. The highest BCUT2D eigenvalue weighted by Crippen LogP contribution is 2.13. The summed E-state index contributed by atoms with van der Waals surface area (Å²) < 4.78 is 22.6. The average molecular weight is 338 g/mol. The Morgan fingerprint density at radius 1 is 1.32 bits per heavy atom. The van der Waals surface area contributed by atoms with Crippen molar-refractivity contribution in [2.75, 3.05) is 18.2 Å². The Morgan fingerprint density at radius 3 is 2.64 bits per heavy atom. The maximum Gasteiger partial charge on any atom is 0.265 e. The second-order valence-electron chi connectivity index (χ2n) is 4.37. The van der Waals surface area contributed by atoms with E-state index < -0.39 is 9.84 Å². The SMILES string of the molecule is CS(=O)(=O)c1ccc(NC(=O)CO/N=C/c2cccs2)cc1. The number of sulfone groups is 1. The summed E-state index contributed by atoms with van der Waals surface area (Å²) in [5.41, 5.74) is 0.489. The van der Waals surface area contributed by atoms with Gasteiger partial charge in [-0.3, -0.25) is 4.79 Å². The van der Waals surface area contributed by atoms with Gasteiger partial charge in [0, 0.05) is 16.8 Å². The molecule has 116 valence electrons. The zero-order valence-electron chi connectivity index (χ0n) is 11.7. The molecule has 0 saturated carbocycles. The van der Waals surface area contributed by atoms with Crippen molar-refractivity contribution in [2.45, 2.75) is 4.90 Å². The third-order valence-electron chi connectivity index (χ3n) is 2.56. The lowest BCUT2D eigenvalue weighted by Crippen LogP contribution is -2.17. The number of hydrogen-bond donors (Lipinski definition) is 1. The number of benzene rings is 1. The molecule has 0 fully saturated rings. The van der Waals surface area contributed by atoms with Gasteiger partial charge in [0.15, 0.2) is 16.4 Å². The highest BCUT2D eigenvalue weighted by molar-refractivity contribution is 7.90. The molecule has 0 spiro atoms. The zero-order valence-corrected chi connectivity index (χ0v) is 13.4. The molecule has 0 bridgehead atoms. The summed E-state index contributed by atoms with van der Waals surface area (Å²) in [5.74, 6) is -0.379. The van der Waals surface area contributed by atoms with Crippen LogP contribution >= 0.6 is 11.3 Å².